The monoisotopic (exact) mass is 257 g/mol. The zero-order chi connectivity index (χ0) is 13.3. The van der Waals surface area contributed by atoms with E-state index in [9.17, 15) is 18.0 Å². The van der Waals surface area contributed by atoms with E-state index >= 15 is 0 Å². The van der Waals surface area contributed by atoms with Gasteiger partial charge < -0.3 is 9.72 Å². The second kappa shape index (κ2) is 4.32. The van der Waals surface area contributed by atoms with Gasteiger partial charge in [-0.25, -0.2) is 4.98 Å². The van der Waals surface area contributed by atoms with Crippen LogP contribution in [0, 0.1) is 6.92 Å². The number of hydrogen-bond donors (Lipinski definition) is 1. The third-order valence-corrected chi connectivity index (χ3v) is 2.28. The number of aryl methyl sites for hydroxylation is 1. The van der Waals surface area contributed by atoms with Gasteiger partial charge in [-0.15, -0.1) is 0 Å². The summed E-state index contributed by atoms with van der Waals surface area (Å²) < 4.78 is 37.5. The minimum atomic E-state index is -4.41. The zero-order valence-corrected chi connectivity index (χ0v) is 9.45. The molecule has 0 aliphatic rings. The van der Waals surface area contributed by atoms with Gasteiger partial charge in [-0.1, -0.05) is 0 Å². The first-order chi connectivity index (χ1) is 8.35. The predicted molar refractivity (Wildman–Crippen MR) is 58.3 cm³/mol. The molecule has 1 amide bonds. The van der Waals surface area contributed by atoms with Crippen molar-refractivity contribution in [3.8, 4) is 0 Å². The number of halogens is 3. The van der Waals surface area contributed by atoms with Crippen LogP contribution in [0.2, 0.25) is 0 Å². The second-order valence-electron chi connectivity index (χ2n) is 3.86. The minimum absolute atomic E-state index is 0.157. The van der Waals surface area contributed by atoms with Crippen molar-refractivity contribution in [2.75, 3.05) is 6.54 Å². The van der Waals surface area contributed by atoms with Crippen molar-refractivity contribution < 1.29 is 18.0 Å². The molecule has 0 radical (unpaired) electrons. The summed E-state index contributed by atoms with van der Waals surface area (Å²) in [5, 5.41) is 1.81. The maximum Gasteiger partial charge on any atom is 0.405 e. The zero-order valence-electron chi connectivity index (χ0n) is 9.45. The number of carbonyl (C=O) groups excluding carboxylic acids is 1. The Morgan fingerprint density at radius 1 is 1.39 bits per heavy atom. The molecule has 18 heavy (non-hydrogen) atoms. The van der Waals surface area contributed by atoms with Crippen LogP contribution in [0.25, 0.3) is 5.65 Å². The summed E-state index contributed by atoms with van der Waals surface area (Å²) in [6.07, 6.45) is -1.28. The van der Waals surface area contributed by atoms with Crippen LogP contribution in [0.1, 0.15) is 16.1 Å². The Bertz CT molecular complexity index is 589. The molecule has 2 aromatic rings. The van der Waals surface area contributed by atoms with E-state index in [1.54, 1.807) is 23.6 Å². The molecule has 2 rings (SSSR count). The number of nitrogens with one attached hydrogen (secondary N) is 1. The van der Waals surface area contributed by atoms with Gasteiger partial charge in [-0.05, 0) is 19.1 Å². The van der Waals surface area contributed by atoms with Crippen LogP contribution in [0.4, 0.5) is 13.2 Å². The summed E-state index contributed by atoms with van der Waals surface area (Å²) in [6.45, 7) is 0.448. The number of amides is 1. The van der Waals surface area contributed by atoms with Crippen molar-refractivity contribution in [3.05, 3.63) is 35.8 Å². The van der Waals surface area contributed by atoms with Crippen molar-refractivity contribution in [1.29, 1.82) is 0 Å². The van der Waals surface area contributed by atoms with Gasteiger partial charge in [0.25, 0.3) is 5.91 Å². The fourth-order valence-electron chi connectivity index (χ4n) is 1.54. The van der Waals surface area contributed by atoms with Gasteiger partial charge in [-0.3, -0.25) is 4.79 Å². The molecule has 2 heterocycles. The highest BCUT2D eigenvalue weighted by molar-refractivity contribution is 5.94. The molecule has 0 atom stereocenters. The Morgan fingerprint density at radius 3 is 2.78 bits per heavy atom. The smallest absolute Gasteiger partial charge is 0.343 e. The van der Waals surface area contributed by atoms with Crippen LogP contribution in [0.15, 0.2) is 24.5 Å². The summed E-state index contributed by atoms with van der Waals surface area (Å²) in [6, 6.07) is 3.02. The molecule has 7 heteroatoms. The molecule has 0 saturated carbocycles. The van der Waals surface area contributed by atoms with Gasteiger partial charge in [0, 0.05) is 12.4 Å². The molecule has 96 valence electrons. The quantitative estimate of drug-likeness (QED) is 0.893. The van der Waals surface area contributed by atoms with E-state index in [1.807, 2.05) is 5.32 Å². The highest BCUT2D eigenvalue weighted by Crippen LogP contribution is 2.13. The number of hydrogen-bond acceptors (Lipinski definition) is 2. The lowest BCUT2D eigenvalue weighted by Crippen LogP contribution is -2.33. The molecule has 4 nitrogen and oxygen atoms in total. The molecule has 0 fully saturated rings. The fraction of sp³-hybridized carbons (Fsp3) is 0.273. The van der Waals surface area contributed by atoms with Gasteiger partial charge in [0.05, 0.1) is 11.3 Å². The molecule has 0 aliphatic carbocycles. The van der Waals surface area contributed by atoms with Gasteiger partial charge in [0.2, 0.25) is 0 Å². The molecule has 0 saturated heterocycles. The highest BCUT2D eigenvalue weighted by Gasteiger charge is 2.27. The number of alkyl halides is 3. The lowest BCUT2D eigenvalue weighted by atomic mass is 10.2. The lowest BCUT2D eigenvalue weighted by molar-refractivity contribution is -0.123. The summed E-state index contributed by atoms with van der Waals surface area (Å²) in [5.74, 6) is -0.763. The molecule has 0 bridgehead atoms. The number of imidazole rings is 1. The van der Waals surface area contributed by atoms with Crippen LogP contribution in [-0.2, 0) is 0 Å². The number of nitrogens with zero attached hydrogens (tertiary/aromatic N) is 2. The molecule has 0 spiro atoms. The first-order valence-corrected chi connectivity index (χ1v) is 5.15. The van der Waals surface area contributed by atoms with E-state index in [-0.39, 0.29) is 5.56 Å². The predicted octanol–water partition coefficient (Wildman–Crippen LogP) is 1.93. The van der Waals surface area contributed by atoms with Crippen LogP contribution in [0.5, 0.6) is 0 Å². The van der Waals surface area contributed by atoms with E-state index in [0.717, 1.165) is 5.69 Å². The van der Waals surface area contributed by atoms with Gasteiger partial charge in [0.15, 0.2) is 0 Å². The van der Waals surface area contributed by atoms with Crippen LogP contribution in [0.3, 0.4) is 0 Å². The van der Waals surface area contributed by atoms with E-state index in [0.29, 0.717) is 5.65 Å². The topological polar surface area (TPSA) is 46.4 Å². The Morgan fingerprint density at radius 2 is 2.11 bits per heavy atom. The summed E-state index contributed by atoms with van der Waals surface area (Å²) in [4.78, 5) is 15.6. The van der Waals surface area contributed by atoms with Crippen molar-refractivity contribution in [2.24, 2.45) is 0 Å². The summed E-state index contributed by atoms with van der Waals surface area (Å²) in [7, 11) is 0. The molecule has 0 unspecified atom stereocenters. The molecule has 0 aromatic carbocycles. The molecule has 1 N–H and O–H groups in total. The van der Waals surface area contributed by atoms with Crippen molar-refractivity contribution >= 4 is 11.6 Å². The van der Waals surface area contributed by atoms with E-state index < -0.39 is 18.6 Å². The minimum Gasteiger partial charge on any atom is -0.343 e. The van der Waals surface area contributed by atoms with Crippen molar-refractivity contribution in [2.45, 2.75) is 13.1 Å². The molecular formula is C11H10F3N3O. The maximum atomic E-state index is 12.0. The highest BCUT2D eigenvalue weighted by atomic mass is 19.4. The van der Waals surface area contributed by atoms with Crippen LogP contribution < -0.4 is 5.32 Å². The summed E-state index contributed by atoms with van der Waals surface area (Å²) >= 11 is 0. The fourth-order valence-corrected chi connectivity index (χ4v) is 1.54. The normalized spacial score (nSPS) is 11.8. The number of aromatic nitrogens is 2. The number of fused-ring (bicyclic) bond motifs is 1. The first kappa shape index (κ1) is 12.4. The maximum absolute atomic E-state index is 12.0. The number of rotatable bonds is 2. The number of carbonyl (C=O) groups is 1. The largest absolute Gasteiger partial charge is 0.405 e. The molecule has 2 aromatic heterocycles. The lowest BCUT2D eigenvalue weighted by Gasteiger charge is -2.08. The van der Waals surface area contributed by atoms with E-state index in [1.165, 1.54) is 12.3 Å². The Hall–Kier alpha value is -2.05. The average molecular weight is 257 g/mol. The van der Waals surface area contributed by atoms with Crippen LogP contribution >= 0.6 is 0 Å². The third kappa shape index (κ3) is 2.79. The van der Waals surface area contributed by atoms with Gasteiger partial charge >= 0.3 is 6.18 Å². The van der Waals surface area contributed by atoms with Gasteiger partial charge in [-0.2, -0.15) is 13.2 Å². The molecular weight excluding hydrogens is 247 g/mol. The van der Waals surface area contributed by atoms with Crippen molar-refractivity contribution in [1.82, 2.24) is 14.7 Å². The number of pyridine rings is 1. The Kier molecular flexibility index (Phi) is 2.98. The van der Waals surface area contributed by atoms with Crippen molar-refractivity contribution in [3.63, 3.8) is 0 Å². The van der Waals surface area contributed by atoms with E-state index in [4.69, 9.17) is 0 Å². The summed E-state index contributed by atoms with van der Waals surface area (Å²) in [5.41, 5.74) is 1.56. The molecule has 0 aliphatic heterocycles. The standard InChI is InChI=1S/C11H10F3N3O/c1-7-4-17-5-8(2-3-9(17)16-7)10(18)15-6-11(12,13)14/h2-5H,6H2,1H3,(H,15,18). The first-order valence-electron chi connectivity index (χ1n) is 5.15. The van der Waals surface area contributed by atoms with Crippen LogP contribution in [-0.4, -0.2) is 28.0 Å². The average Bonchev–Trinajstić information content (AvgIpc) is 2.63. The Balaban J connectivity index is 2.17. The SMILES string of the molecule is Cc1cn2cc(C(=O)NCC(F)(F)F)ccc2n1. The van der Waals surface area contributed by atoms with E-state index in [2.05, 4.69) is 4.98 Å². The van der Waals surface area contributed by atoms with Gasteiger partial charge in [0.1, 0.15) is 12.2 Å². The Labute approximate surface area is 100 Å². The second-order valence-corrected chi connectivity index (χ2v) is 3.86. The third-order valence-electron chi connectivity index (χ3n) is 2.28.